The Labute approximate surface area is 129 Å². The molecule has 0 aliphatic heterocycles. The Kier molecular flexibility index (Phi) is 5.01. The normalized spacial score (nSPS) is 10.0. The second kappa shape index (κ2) is 6.95. The molecule has 0 bridgehead atoms. The van der Waals surface area contributed by atoms with Gasteiger partial charge in [-0.25, -0.2) is 0 Å². The zero-order chi connectivity index (χ0) is 15.2. The predicted octanol–water partition coefficient (Wildman–Crippen LogP) is 4.47. The molecule has 1 N–H and O–H groups in total. The van der Waals surface area contributed by atoms with Gasteiger partial charge in [0, 0.05) is 16.3 Å². The molecule has 0 unspecified atom stereocenters. The van der Waals surface area contributed by atoms with Crippen LogP contribution in [0.25, 0.3) is 0 Å². The van der Waals surface area contributed by atoms with Crippen LogP contribution in [-0.4, -0.2) is 12.5 Å². The third-order valence-corrected chi connectivity index (χ3v) is 3.16. The van der Waals surface area contributed by atoms with Crippen molar-refractivity contribution in [2.45, 2.75) is 6.92 Å². The minimum atomic E-state index is -0.171. The Morgan fingerprint density at radius 3 is 2.62 bits per heavy atom. The summed E-state index contributed by atoms with van der Waals surface area (Å²) in [6.45, 7) is 5.92. The zero-order valence-corrected chi connectivity index (χ0v) is 12.5. The molecule has 2 aromatic rings. The Morgan fingerprint density at radius 2 is 2.00 bits per heavy atom. The molecule has 0 aliphatic rings. The summed E-state index contributed by atoms with van der Waals surface area (Å²) in [5.41, 5.74) is 2.23. The molecule has 21 heavy (non-hydrogen) atoms. The maximum absolute atomic E-state index is 12.2. The van der Waals surface area contributed by atoms with E-state index in [1.807, 2.05) is 13.0 Å². The first kappa shape index (κ1) is 15.1. The number of aryl methyl sites for hydroxylation is 1. The summed E-state index contributed by atoms with van der Waals surface area (Å²) in [7, 11) is 0. The molecule has 2 aromatic carbocycles. The van der Waals surface area contributed by atoms with Crippen molar-refractivity contribution in [3.63, 3.8) is 0 Å². The monoisotopic (exact) mass is 301 g/mol. The van der Waals surface area contributed by atoms with Crippen LogP contribution in [0.3, 0.4) is 0 Å². The third kappa shape index (κ3) is 4.10. The van der Waals surface area contributed by atoms with Crippen LogP contribution in [-0.2, 0) is 0 Å². The van der Waals surface area contributed by atoms with Gasteiger partial charge in [-0.3, -0.25) is 4.79 Å². The largest absolute Gasteiger partial charge is 0.490 e. The van der Waals surface area contributed by atoms with Gasteiger partial charge in [0.1, 0.15) is 12.4 Å². The standard InChI is InChI=1S/C17H16ClNO2/c1-3-10-21-15-7-4-13(5-8-15)17(20)19-16-9-6-14(18)11-12(16)2/h3-9,11H,1,10H2,2H3,(H,19,20). The number of carbonyl (C=O) groups is 1. The second-order valence-electron chi connectivity index (χ2n) is 4.54. The number of hydrogen-bond donors (Lipinski definition) is 1. The van der Waals surface area contributed by atoms with E-state index in [1.165, 1.54) is 0 Å². The van der Waals surface area contributed by atoms with E-state index in [0.717, 1.165) is 11.3 Å². The molecule has 0 spiro atoms. The molecule has 0 heterocycles. The van der Waals surface area contributed by atoms with E-state index in [9.17, 15) is 4.79 Å². The van der Waals surface area contributed by atoms with E-state index < -0.39 is 0 Å². The zero-order valence-electron chi connectivity index (χ0n) is 11.7. The van der Waals surface area contributed by atoms with Gasteiger partial charge < -0.3 is 10.1 Å². The van der Waals surface area contributed by atoms with E-state index >= 15 is 0 Å². The van der Waals surface area contributed by atoms with Crippen LogP contribution in [0.2, 0.25) is 5.02 Å². The molecule has 0 saturated heterocycles. The lowest BCUT2D eigenvalue weighted by Crippen LogP contribution is -2.12. The predicted molar refractivity (Wildman–Crippen MR) is 86.3 cm³/mol. The molecule has 0 radical (unpaired) electrons. The van der Waals surface area contributed by atoms with Gasteiger partial charge in [0.2, 0.25) is 0 Å². The van der Waals surface area contributed by atoms with Crippen molar-refractivity contribution < 1.29 is 9.53 Å². The van der Waals surface area contributed by atoms with Gasteiger partial charge in [-0.1, -0.05) is 24.3 Å². The van der Waals surface area contributed by atoms with Crippen LogP contribution in [0.4, 0.5) is 5.69 Å². The first-order valence-corrected chi connectivity index (χ1v) is 6.89. The molecule has 0 aromatic heterocycles. The lowest BCUT2D eigenvalue weighted by molar-refractivity contribution is 0.102. The number of rotatable bonds is 5. The summed E-state index contributed by atoms with van der Waals surface area (Å²) in [5.74, 6) is 0.532. The van der Waals surface area contributed by atoms with Gasteiger partial charge in [-0.15, -0.1) is 0 Å². The Morgan fingerprint density at radius 1 is 1.29 bits per heavy atom. The highest BCUT2D eigenvalue weighted by Gasteiger charge is 2.08. The van der Waals surface area contributed by atoms with Crippen LogP contribution in [0.15, 0.2) is 55.1 Å². The molecular formula is C17H16ClNO2. The number of halogens is 1. The van der Waals surface area contributed by atoms with Crippen LogP contribution < -0.4 is 10.1 Å². The average molecular weight is 302 g/mol. The van der Waals surface area contributed by atoms with Crippen molar-refractivity contribution >= 4 is 23.2 Å². The second-order valence-corrected chi connectivity index (χ2v) is 4.97. The van der Waals surface area contributed by atoms with Crippen molar-refractivity contribution in [1.29, 1.82) is 0 Å². The molecule has 0 atom stereocenters. The van der Waals surface area contributed by atoms with E-state index in [1.54, 1.807) is 42.5 Å². The van der Waals surface area contributed by atoms with Crippen molar-refractivity contribution in [2.75, 3.05) is 11.9 Å². The fourth-order valence-electron chi connectivity index (χ4n) is 1.82. The molecule has 4 heteroatoms. The molecule has 108 valence electrons. The molecule has 0 saturated carbocycles. The minimum Gasteiger partial charge on any atom is -0.490 e. The molecular weight excluding hydrogens is 286 g/mol. The average Bonchev–Trinajstić information content (AvgIpc) is 2.48. The van der Waals surface area contributed by atoms with Gasteiger partial charge >= 0.3 is 0 Å². The van der Waals surface area contributed by atoms with Crippen molar-refractivity contribution in [3.05, 3.63) is 71.3 Å². The van der Waals surface area contributed by atoms with Crippen molar-refractivity contribution in [1.82, 2.24) is 0 Å². The summed E-state index contributed by atoms with van der Waals surface area (Å²) < 4.78 is 5.38. The highest BCUT2D eigenvalue weighted by molar-refractivity contribution is 6.30. The Bertz CT molecular complexity index is 650. The van der Waals surface area contributed by atoms with Crippen molar-refractivity contribution in [3.8, 4) is 5.75 Å². The number of nitrogens with one attached hydrogen (secondary N) is 1. The minimum absolute atomic E-state index is 0.171. The van der Waals surface area contributed by atoms with Gasteiger partial charge in [-0.05, 0) is 55.0 Å². The molecule has 0 fully saturated rings. The Balaban J connectivity index is 2.07. The number of anilines is 1. The first-order chi connectivity index (χ1) is 10.1. The number of carbonyl (C=O) groups excluding carboxylic acids is 1. The smallest absolute Gasteiger partial charge is 0.255 e. The highest BCUT2D eigenvalue weighted by atomic mass is 35.5. The number of benzene rings is 2. The van der Waals surface area contributed by atoms with E-state index in [-0.39, 0.29) is 5.91 Å². The van der Waals surface area contributed by atoms with Gasteiger partial charge in [0.15, 0.2) is 0 Å². The maximum atomic E-state index is 12.2. The van der Waals surface area contributed by atoms with Crippen molar-refractivity contribution in [2.24, 2.45) is 0 Å². The summed E-state index contributed by atoms with van der Waals surface area (Å²) >= 11 is 5.90. The van der Waals surface area contributed by atoms with E-state index in [2.05, 4.69) is 11.9 Å². The van der Waals surface area contributed by atoms with Crippen LogP contribution in [0.5, 0.6) is 5.75 Å². The number of amides is 1. The van der Waals surface area contributed by atoms with E-state index in [0.29, 0.717) is 22.9 Å². The molecule has 2 rings (SSSR count). The van der Waals surface area contributed by atoms with E-state index in [4.69, 9.17) is 16.3 Å². The van der Waals surface area contributed by atoms with Gasteiger partial charge in [-0.2, -0.15) is 0 Å². The number of hydrogen-bond acceptors (Lipinski definition) is 2. The maximum Gasteiger partial charge on any atom is 0.255 e. The lowest BCUT2D eigenvalue weighted by Gasteiger charge is -2.09. The lowest BCUT2D eigenvalue weighted by atomic mass is 10.1. The topological polar surface area (TPSA) is 38.3 Å². The first-order valence-electron chi connectivity index (χ1n) is 6.51. The molecule has 0 aliphatic carbocycles. The fourth-order valence-corrected chi connectivity index (χ4v) is 2.05. The summed E-state index contributed by atoms with van der Waals surface area (Å²) in [5, 5.41) is 3.51. The summed E-state index contributed by atoms with van der Waals surface area (Å²) in [4.78, 5) is 12.2. The molecule has 3 nitrogen and oxygen atoms in total. The third-order valence-electron chi connectivity index (χ3n) is 2.92. The molecule has 1 amide bonds. The summed E-state index contributed by atoms with van der Waals surface area (Å²) in [6.07, 6.45) is 1.67. The Hall–Kier alpha value is -2.26. The number of ether oxygens (including phenoxy) is 1. The fraction of sp³-hybridized carbons (Fsp3) is 0.118. The quantitative estimate of drug-likeness (QED) is 0.828. The van der Waals surface area contributed by atoms with Gasteiger partial charge in [0.25, 0.3) is 5.91 Å². The highest BCUT2D eigenvalue weighted by Crippen LogP contribution is 2.20. The SMILES string of the molecule is C=CCOc1ccc(C(=O)Nc2ccc(Cl)cc2C)cc1. The van der Waals surface area contributed by atoms with Crippen LogP contribution >= 0.6 is 11.6 Å². The van der Waals surface area contributed by atoms with Crippen LogP contribution in [0.1, 0.15) is 15.9 Å². The van der Waals surface area contributed by atoms with Gasteiger partial charge in [0.05, 0.1) is 0 Å². The van der Waals surface area contributed by atoms with Crippen LogP contribution in [0, 0.1) is 6.92 Å². The summed E-state index contributed by atoms with van der Waals surface area (Å²) in [6, 6.07) is 12.3.